The van der Waals surface area contributed by atoms with Gasteiger partial charge in [0.2, 0.25) is 0 Å². The molecule has 1 aliphatic carbocycles. The molecule has 6 nitrogen and oxygen atoms in total. The third-order valence-electron chi connectivity index (χ3n) is 5.19. The first kappa shape index (κ1) is 20.9. The highest BCUT2D eigenvalue weighted by Crippen LogP contribution is 2.50. The Bertz CT molecular complexity index is 780. The lowest BCUT2D eigenvalue weighted by molar-refractivity contribution is 0.0227. The maximum atomic E-state index is 14.8. The summed E-state index contributed by atoms with van der Waals surface area (Å²) in [6, 6.07) is 4.60. The number of ether oxygens (including phenoxy) is 2. The average molecular weight is 410 g/mol. The summed E-state index contributed by atoms with van der Waals surface area (Å²) in [7, 11) is 1.70. The number of hydrogen-bond donors (Lipinski definition) is 2. The van der Waals surface area contributed by atoms with E-state index in [9.17, 15) is 9.18 Å². The number of methoxy groups -OCH3 is 1. The Balaban J connectivity index is 1.97. The molecule has 1 heterocycles. The summed E-state index contributed by atoms with van der Waals surface area (Å²) in [4.78, 5) is 17.1. The van der Waals surface area contributed by atoms with Gasteiger partial charge in [0.1, 0.15) is 11.4 Å². The van der Waals surface area contributed by atoms with E-state index >= 15 is 0 Å². The standard InChI is InChI=1S/C20H28FN3O3S/c1-19(2,3)27-18(25)23-17-24-20(15-10-13(22)5-6-16(15)21)8-7-14(26-4)9-12(20)11-28-17/h5-6,10,12,14H,7-9,11,22H2,1-4H3,(H,23,24,25)/t12?,14-,20?/m0/s1. The number of carbonyl (C=O) groups is 1. The first-order chi connectivity index (χ1) is 13.1. The first-order valence-corrected chi connectivity index (χ1v) is 10.4. The van der Waals surface area contributed by atoms with Crippen molar-refractivity contribution < 1.29 is 18.7 Å². The molecule has 1 aromatic rings. The molecule has 0 aromatic heterocycles. The maximum absolute atomic E-state index is 14.8. The predicted molar refractivity (Wildman–Crippen MR) is 110 cm³/mol. The van der Waals surface area contributed by atoms with E-state index in [-0.39, 0.29) is 17.8 Å². The third kappa shape index (κ3) is 4.43. The summed E-state index contributed by atoms with van der Waals surface area (Å²) in [5, 5.41) is 3.18. The Hall–Kier alpha value is -1.80. The van der Waals surface area contributed by atoms with E-state index in [4.69, 9.17) is 20.2 Å². The Morgan fingerprint density at radius 1 is 1.43 bits per heavy atom. The van der Waals surface area contributed by atoms with Gasteiger partial charge in [-0.25, -0.2) is 9.18 Å². The number of nitrogens with two attached hydrogens (primary N) is 1. The number of thioether (sulfide) groups is 1. The van der Waals surface area contributed by atoms with Crippen molar-refractivity contribution in [3.05, 3.63) is 29.6 Å². The first-order valence-electron chi connectivity index (χ1n) is 9.44. The van der Waals surface area contributed by atoms with Crippen LogP contribution in [-0.2, 0) is 15.0 Å². The predicted octanol–water partition coefficient (Wildman–Crippen LogP) is 4.05. The molecule has 1 fully saturated rings. The number of amidine groups is 1. The van der Waals surface area contributed by atoms with Crippen LogP contribution in [0.1, 0.15) is 45.6 Å². The van der Waals surface area contributed by atoms with Crippen molar-refractivity contribution >= 4 is 28.7 Å². The van der Waals surface area contributed by atoms with E-state index in [1.807, 2.05) is 0 Å². The number of alkyl carbamates (subject to hydrolysis) is 1. The van der Waals surface area contributed by atoms with Gasteiger partial charge in [-0.3, -0.25) is 10.3 Å². The molecule has 2 aliphatic rings. The monoisotopic (exact) mass is 409 g/mol. The summed E-state index contributed by atoms with van der Waals surface area (Å²) in [6.45, 7) is 5.40. The number of fused-ring (bicyclic) bond motifs is 1. The van der Waals surface area contributed by atoms with E-state index in [0.717, 1.165) is 12.8 Å². The largest absolute Gasteiger partial charge is 0.444 e. The summed E-state index contributed by atoms with van der Waals surface area (Å²) in [5.74, 6) is 0.446. The fourth-order valence-corrected chi connectivity index (χ4v) is 5.07. The SMILES string of the molecule is CO[C@H]1CCC2(c3cc(N)ccc3F)N=C(NC(=O)OC(C)(C)C)SCC2C1. The smallest absolute Gasteiger partial charge is 0.413 e. The maximum Gasteiger partial charge on any atom is 0.413 e. The zero-order valence-electron chi connectivity index (χ0n) is 16.8. The van der Waals surface area contributed by atoms with Crippen LogP contribution in [0.15, 0.2) is 23.2 Å². The van der Waals surface area contributed by atoms with Crippen LogP contribution in [-0.4, -0.2) is 35.8 Å². The minimum Gasteiger partial charge on any atom is -0.444 e. The Morgan fingerprint density at radius 2 is 2.18 bits per heavy atom. The number of anilines is 1. The highest BCUT2D eigenvalue weighted by Gasteiger charge is 2.49. The Kier molecular flexibility index (Phi) is 5.91. The number of benzene rings is 1. The Morgan fingerprint density at radius 3 is 2.86 bits per heavy atom. The molecule has 0 radical (unpaired) electrons. The number of nitrogens with one attached hydrogen (secondary N) is 1. The molecular weight excluding hydrogens is 381 g/mol. The van der Waals surface area contributed by atoms with E-state index in [1.165, 1.54) is 17.8 Å². The van der Waals surface area contributed by atoms with Crippen molar-refractivity contribution in [3.63, 3.8) is 0 Å². The molecule has 1 amide bonds. The molecule has 1 aliphatic heterocycles. The highest BCUT2D eigenvalue weighted by molar-refractivity contribution is 8.13. The normalized spacial score (nSPS) is 27.5. The Labute approximate surface area is 169 Å². The minimum atomic E-state index is -0.774. The number of rotatable bonds is 2. The summed E-state index contributed by atoms with van der Waals surface area (Å²) in [6.07, 6.45) is 1.72. The van der Waals surface area contributed by atoms with Crippen molar-refractivity contribution in [2.24, 2.45) is 10.9 Å². The minimum absolute atomic E-state index is 0.0803. The molecule has 1 aromatic carbocycles. The zero-order valence-corrected chi connectivity index (χ0v) is 17.6. The van der Waals surface area contributed by atoms with Gasteiger partial charge in [0, 0.05) is 30.0 Å². The number of hydrogen-bond acceptors (Lipinski definition) is 6. The molecule has 3 atom stereocenters. The van der Waals surface area contributed by atoms with Gasteiger partial charge in [-0.1, -0.05) is 11.8 Å². The molecule has 2 unspecified atom stereocenters. The molecule has 0 saturated heterocycles. The van der Waals surface area contributed by atoms with E-state index < -0.39 is 17.2 Å². The van der Waals surface area contributed by atoms with Gasteiger partial charge in [-0.05, 0) is 58.2 Å². The lowest BCUT2D eigenvalue weighted by Gasteiger charge is -2.46. The zero-order chi connectivity index (χ0) is 20.5. The second-order valence-electron chi connectivity index (χ2n) is 8.35. The summed E-state index contributed by atoms with van der Waals surface area (Å²) >= 11 is 1.45. The fraction of sp³-hybridized carbons (Fsp3) is 0.600. The van der Waals surface area contributed by atoms with E-state index in [1.54, 1.807) is 40.0 Å². The van der Waals surface area contributed by atoms with Gasteiger partial charge in [0.05, 0.1) is 11.6 Å². The van der Waals surface area contributed by atoms with Gasteiger partial charge < -0.3 is 15.2 Å². The molecule has 3 N–H and O–H groups in total. The van der Waals surface area contributed by atoms with Crippen LogP contribution in [0.25, 0.3) is 0 Å². The van der Waals surface area contributed by atoms with Crippen LogP contribution >= 0.6 is 11.8 Å². The molecule has 3 rings (SSSR count). The van der Waals surface area contributed by atoms with Crippen molar-refractivity contribution in [2.45, 2.75) is 57.3 Å². The molecule has 8 heteroatoms. The van der Waals surface area contributed by atoms with Gasteiger partial charge in [-0.2, -0.15) is 0 Å². The van der Waals surface area contributed by atoms with Crippen LogP contribution in [0.2, 0.25) is 0 Å². The average Bonchev–Trinajstić information content (AvgIpc) is 2.61. The molecule has 28 heavy (non-hydrogen) atoms. The van der Waals surface area contributed by atoms with Gasteiger partial charge in [0.25, 0.3) is 0 Å². The number of halogens is 1. The van der Waals surface area contributed by atoms with Crippen LogP contribution < -0.4 is 11.1 Å². The molecule has 1 saturated carbocycles. The lowest BCUT2D eigenvalue weighted by atomic mass is 9.68. The summed E-state index contributed by atoms with van der Waals surface area (Å²) < 4.78 is 25.7. The summed E-state index contributed by atoms with van der Waals surface area (Å²) in [5.41, 5.74) is 5.55. The number of amides is 1. The molecule has 154 valence electrons. The van der Waals surface area contributed by atoms with Gasteiger partial charge >= 0.3 is 6.09 Å². The number of nitrogen functional groups attached to an aromatic ring is 1. The molecular formula is C20H28FN3O3S. The molecule has 0 bridgehead atoms. The second-order valence-corrected chi connectivity index (χ2v) is 9.36. The highest BCUT2D eigenvalue weighted by atomic mass is 32.2. The second kappa shape index (κ2) is 7.91. The van der Waals surface area contributed by atoms with E-state index in [0.29, 0.717) is 28.6 Å². The van der Waals surface area contributed by atoms with Crippen molar-refractivity contribution in [3.8, 4) is 0 Å². The third-order valence-corrected chi connectivity index (χ3v) is 6.23. The van der Waals surface area contributed by atoms with Crippen molar-refractivity contribution in [2.75, 3.05) is 18.6 Å². The van der Waals surface area contributed by atoms with Crippen molar-refractivity contribution in [1.82, 2.24) is 5.32 Å². The van der Waals surface area contributed by atoms with Gasteiger partial charge in [-0.15, -0.1) is 0 Å². The lowest BCUT2D eigenvalue weighted by Crippen LogP contribution is -2.48. The number of aliphatic imine (C=N–C) groups is 1. The quantitative estimate of drug-likeness (QED) is 0.720. The number of carbonyl (C=O) groups excluding carboxylic acids is 1. The van der Waals surface area contributed by atoms with Crippen molar-refractivity contribution in [1.29, 1.82) is 0 Å². The fourth-order valence-electron chi connectivity index (χ4n) is 3.92. The van der Waals surface area contributed by atoms with Crippen LogP contribution in [0.5, 0.6) is 0 Å². The van der Waals surface area contributed by atoms with Gasteiger partial charge in [0.15, 0.2) is 5.17 Å². The van der Waals surface area contributed by atoms with E-state index in [2.05, 4.69) is 5.32 Å². The van der Waals surface area contributed by atoms with Crippen LogP contribution in [0.4, 0.5) is 14.9 Å². The molecule has 0 spiro atoms. The van der Waals surface area contributed by atoms with Crippen LogP contribution in [0.3, 0.4) is 0 Å². The number of nitrogens with zero attached hydrogens (tertiary/aromatic N) is 1. The van der Waals surface area contributed by atoms with Crippen LogP contribution in [0, 0.1) is 11.7 Å². The topological polar surface area (TPSA) is 85.9 Å².